The molecule has 1 aliphatic heterocycles. The quantitative estimate of drug-likeness (QED) is 0.164. The molecule has 0 spiro atoms. The standard InChI is InChI=1S/C27H25N5O3/c1-20-19-27(31-29-23-6-10-25(11-7-23)35-15-3-14-33)21(2)18-26(20)30-28-22-4-8-24(9-5-22)32-12-16-34-17-13-32/h4-11,15,18-19H,12-13,16-17H2,1-2H3. The Morgan fingerprint density at radius 2 is 1.37 bits per heavy atom. The Kier molecular flexibility index (Phi) is 7.94. The number of nitrogens with zero attached hydrogens (tertiary/aromatic N) is 5. The summed E-state index contributed by atoms with van der Waals surface area (Å²) in [4.78, 5) is 12.4. The maximum atomic E-state index is 10.1. The minimum atomic E-state index is 0.559. The van der Waals surface area contributed by atoms with Crippen LogP contribution in [0.5, 0.6) is 5.75 Å². The summed E-state index contributed by atoms with van der Waals surface area (Å²) < 4.78 is 10.6. The van der Waals surface area contributed by atoms with Crippen LogP contribution in [-0.4, -0.2) is 32.2 Å². The molecule has 0 bridgehead atoms. The van der Waals surface area contributed by atoms with Crippen molar-refractivity contribution in [1.29, 1.82) is 0 Å². The van der Waals surface area contributed by atoms with Crippen molar-refractivity contribution in [3.63, 3.8) is 0 Å². The summed E-state index contributed by atoms with van der Waals surface area (Å²) in [5, 5.41) is 17.5. The zero-order chi connectivity index (χ0) is 24.5. The van der Waals surface area contributed by atoms with Gasteiger partial charge in [-0.3, -0.25) is 0 Å². The lowest BCUT2D eigenvalue weighted by Crippen LogP contribution is -2.36. The van der Waals surface area contributed by atoms with Crippen LogP contribution in [0.25, 0.3) is 0 Å². The first-order chi connectivity index (χ1) is 17.1. The van der Waals surface area contributed by atoms with Gasteiger partial charge in [0.25, 0.3) is 0 Å². The van der Waals surface area contributed by atoms with E-state index in [4.69, 9.17) is 9.47 Å². The van der Waals surface area contributed by atoms with Crippen LogP contribution in [0.4, 0.5) is 28.4 Å². The van der Waals surface area contributed by atoms with Crippen molar-refractivity contribution >= 4 is 34.4 Å². The van der Waals surface area contributed by atoms with E-state index in [-0.39, 0.29) is 0 Å². The first-order valence-electron chi connectivity index (χ1n) is 11.2. The molecule has 0 unspecified atom stereocenters. The van der Waals surface area contributed by atoms with Crippen LogP contribution in [0.1, 0.15) is 11.1 Å². The van der Waals surface area contributed by atoms with Gasteiger partial charge in [-0.15, -0.1) is 0 Å². The van der Waals surface area contributed by atoms with Crippen LogP contribution < -0.4 is 9.64 Å². The molecule has 8 nitrogen and oxygen atoms in total. The second-order valence-corrected chi connectivity index (χ2v) is 7.92. The number of morpholine rings is 1. The van der Waals surface area contributed by atoms with E-state index in [0.717, 1.165) is 60.8 Å². The van der Waals surface area contributed by atoms with Crippen LogP contribution >= 0.6 is 0 Å². The Balaban J connectivity index is 1.42. The minimum absolute atomic E-state index is 0.559. The van der Waals surface area contributed by atoms with Crippen LogP contribution in [0, 0.1) is 13.8 Å². The molecule has 0 saturated carbocycles. The number of hydrogen-bond donors (Lipinski definition) is 0. The van der Waals surface area contributed by atoms with E-state index in [0.29, 0.717) is 11.4 Å². The minimum Gasteiger partial charge on any atom is -0.456 e. The van der Waals surface area contributed by atoms with E-state index in [9.17, 15) is 4.79 Å². The summed E-state index contributed by atoms with van der Waals surface area (Å²) in [6, 6.07) is 19.0. The zero-order valence-corrected chi connectivity index (χ0v) is 19.6. The number of rotatable bonds is 7. The van der Waals surface area contributed by atoms with Crippen molar-refractivity contribution in [2.75, 3.05) is 31.2 Å². The third-order valence-corrected chi connectivity index (χ3v) is 5.44. The molecular weight excluding hydrogens is 442 g/mol. The van der Waals surface area contributed by atoms with Gasteiger partial charge < -0.3 is 14.4 Å². The smallest absolute Gasteiger partial charge is 0.180 e. The van der Waals surface area contributed by atoms with Gasteiger partial charge in [0.05, 0.1) is 36.0 Å². The lowest BCUT2D eigenvalue weighted by molar-refractivity contribution is 0.122. The number of carbonyl (C=O) groups excluding carboxylic acids is 1. The van der Waals surface area contributed by atoms with E-state index >= 15 is 0 Å². The Bertz CT molecular complexity index is 1300. The molecule has 1 heterocycles. The van der Waals surface area contributed by atoms with Crippen molar-refractivity contribution in [3.8, 4) is 5.75 Å². The van der Waals surface area contributed by atoms with E-state index in [2.05, 4.69) is 43.2 Å². The number of hydrogen-bond acceptors (Lipinski definition) is 8. The molecule has 4 rings (SSSR count). The molecule has 1 aliphatic rings. The Labute approximate surface area is 203 Å². The highest BCUT2D eigenvalue weighted by Crippen LogP contribution is 2.31. The topological polar surface area (TPSA) is 88.2 Å². The number of benzene rings is 3. The molecule has 35 heavy (non-hydrogen) atoms. The Morgan fingerprint density at radius 1 is 0.829 bits per heavy atom. The van der Waals surface area contributed by atoms with Crippen molar-refractivity contribution in [2.24, 2.45) is 20.5 Å². The first-order valence-corrected chi connectivity index (χ1v) is 11.2. The highest BCUT2D eigenvalue weighted by molar-refractivity contribution is 5.59. The second-order valence-electron chi connectivity index (χ2n) is 7.92. The number of azo groups is 2. The van der Waals surface area contributed by atoms with E-state index in [1.54, 1.807) is 24.3 Å². The number of anilines is 1. The molecule has 176 valence electrons. The molecule has 1 fully saturated rings. The van der Waals surface area contributed by atoms with Gasteiger partial charge in [0, 0.05) is 24.5 Å². The Morgan fingerprint density at radius 3 is 1.91 bits per heavy atom. The summed E-state index contributed by atoms with van der Waals surface area (Å²) in [6.45, 7) is 7.27. The van der Waals surface area contributed by atoms with Gasteiger partial charge in [0.1, 0.15) is 12.0 Å². The SMILES string of the molecule is Cc1cc(N=Nc2ccc(N3CCOCC3)cc2)c(C)cc1N=Nc1ccc(OC=C=C=O)cc1. The van der Waals surface area contributed by atoms with Crippen LogP contribution in [-0.2, 0) is 9.53 Å². The highest BCUT2D eigenvalue weighted by Gasteiger charge is 2.10. The van der Waals surface area contributed by atoms with Gasteiger partial charge >= 0.3 is 0 Å². The zero-order valence-electron chi connectivity index (χ0n) is 19.6. The number of aryl methyl sites for hydroxylation is 2. The van der Waals surface area contributed by atoms with Crippen LogP contribution in [0.3, 0.4) is 0 Å². The molecule has 0 radical (unpaired) electrons. The average molecular weight is 468 g/mol. The third-order valence-electron chi connectivity index (χ3n) is 5.44. The lowest BCUT2D eigenvalue weighted by Gasteiger charge is -2.28. The fraction of sp³-hybridized carbons (Fsp3) is 0.222. The maximum Gasteiger partial charge on any atom is 0.180 e. The van der Waals surface area contributed by atoms with Crippen LogP contribution in [0.15, 0.2) is 93.1 Å². The molecule has 8 heteroatoms. The Hall–Kier alpha value is -4.35. The second kappa shape index (κ2) is 11.7. The van der Waals surface area contributed by atoms with E-state index < -0.39 is 0 Å². The molecule has 0 atom stereocenters. The monoisotopic (exact) mass is 467 g/mol. The predicted octanol–water partition coefficient (Wildman–Crippen LogP) is 6.85. The van der Waals surface area contributed by atoms with E-state index in [1.807, 2.05) is 38.1 Å². The van der Waals surface area contributed by atoms with Crippen molar-refractivity contribution in [3.05, 3.63) is 83.8 Å². The van der Waals surface area contributed by atoms with Gasteiger partial charge in [-0.25, -0.2) is 4.79 Å². The lowest BCUT2D eigenvalue weighted by atomic mass is 10.1. The summed E-state index contributed by atoms with van der Waals surface area (Å²) in [7, 11) is 0. The maximum absolute atomic E-state index is 10.1. The molecule has 0 N–H and O–H groups in total. The molecule has 1 saturated heterocycles. The largest absolute Gasteiger partial charge is 0.456 e. The third kappa shape index (κ3) is 6.59. The fourth-order valence-corrected chi connectivity index (χ4v) is 3.49. The average Bonchev–Trinajstić information content (AvgIpc) is 2.90. The van der Waals surface area contributed by atoms with Gasteiger partial charge in [-0.05, 0) is 85.6 Å². The molecule has 0 amide bonds. The van der Waals surface area contributed by atoms with Crippen LogP contribution in [0.2, 0.25) is 0 Å². The summed E-state index contributed by atoms with van der Waals surface area (Å²) in [6.07, 6.45) is 1.15. The summed E-state index contributed by atoms with van der Waals surface area (Å²) >= 11 is 0. The summed E-state index contributed by atoms with van der Waals surface area (Å²) in [5.74, 6) is 2.06. The van der Waals surface area contributed by atoms with Crippen molar-refractivity contribution in [2.45, 2.75) is 13.8 Å². The molecular formula is C27H25N5O3. The normalized spacial score (nSPS) is 13.6. The molecule has 3 aromatic carbocycles. The molecule has 0 aromatic heterocycles. The van der Waals surface area contributed by atoms with Gasteiger partial charge in [0.15, 0.2) is 5.94 Å². The van der Waals surface area contributed by atoms with Crippen molar-refractivity contribution < 1.29 is 14.3 Å². The number of ether oxygens (including phenoxy) is 2. The fourth-order valence-electron chi connectivity index (χ4n) is 3.49. The predicted molar refractivity (Wildman–Crippen MR) is 135 cm³/mol. The van der Waals surface area contributed by atoms with Crippen molar-refractivity contribution in [1.82, 2.24) is 0 Å². The summed E-state index contributed by atoms with van der Waals surface area (Å²) in [5.41, 5.74) is 8.29. The first kappa shape index (κ1) is 23.8. The highest BCUT2D eigenvalue weighted by atomic mass is 16.5. The van der Waals surface area contributed by atoms with Gasteiger partial charge in [-0.2, -0.15) is 20.5 Å². The molecule has 0 aliphatic carbocycles. The van der Waals surface area contributed by atoms with Gasteiger partial charge in [-0.1, -0.05) is 0 Å². The molecule has 3 aromatic rings. The van der Waals surface area contributed by atoms with Gasteiger partial charge in [0.2, 0.25) is 0 Å². The van der Waals surface area contributed by atoms with E-state index in [1.165, 1.54) is 11.6 Å².